The molecule has 0 amide bonds. The lowest BCUT2D eigenvalue weighted by Gasteiger charge is -2.05. The van der Waals surface area contributed by atoms with Crippen molar-refractivity contribution in [1.29, 1.82) is 0 Å². The Morgan fingerprint density at radius 1 is 1.39 bits per heavy atom. The number of anilines is 1. The van der Waals surface area contributed by atoms with E-state index >= 15 is 0 Å². The highest BCUT2D eigenvalue weighted by molar-refractivity contribution is 5.91. The summed E-state index contributed by atoms with van der Waals surface area (Å²) < 4.78 is 6.35. The minimum atomic E-state index is -0.508. The number of aromatic nitrogens is 2. The highest BCUT2D eigenvalue weighted by atomic mass is 16.5. The van der Waals surface area contributed by atoms with Gasteiger partial charge in [-0.25, -0.2) is 9.78 Å². The van der Waals surface area contributed by atoms with E-state index in [9.17, 15) is 4.79 Å². The SMILES string of the molecule is COC(=O)c1ncn(CCc2ccccc2)c1N. The summed E-state index contributed by atoms with van der Waals surface area (Å²) in [4.78, 5) is 15.3. The number of nitrogens with zero attached hydrogens (tertiary/aromatic N) is 2. The lowest BCUT2D eigenvalue weighted by Crippen LogP contribution is -2.09. The number of methoxy groups -OCH3 is 1. The zero-order valence-corrected chi connectivity index (χ0v) is 10.2. The van der Waals surface area contributed by atoms with Crippen molar-refractivity contribution < 1.29 is 9.53 Å². The van der Waals surface area contributed by atoms with Crippen LogP contribution in [0.1, 0.15) is 16.1 Å². The third-order valence-corrected chi connectivity index (χ3v) is 2.74. The zero-order chi connectivity index (χ0) is 13.0. The standard InChI is InChI=1S/C13H15N3O2/c1-18-13(17)11-12(14)16(9-15-11)8-7-10-5-3-2-4-6-10/h2-6,9H,7-8,14H2,1H3. The smallest absolute Gasteiger partial charge is 0.360 e. The van der Waals surface area contributed by atoms with Gasteiger partial charge in [0.2, 0.25) is 0 Å². The Hall–Kier alpha value is -2.30. The Bertz CT molecular complexity index is 534. The second kappa shape index (κ2) is 5.35. The minimum Gasteiger partial charge on any atom is -0.464 e. The van der Waals surface area contributed by atoms with E-state index in [0.717, 1.165) is 6.42 Å². The van der Waals surface area contributed by atoms with E-state index in [2.05, 4.69) is 9.72 Å². The summed E-state index contributed by atoms with van der Waals surface area (Å²) in [7, 11) is 1.31. The normalized spacial score (nSPS) is 10.3. The molecule has 5 heteroatoms. The van der Waals surface area contributed by atoms with Crippen LogP contribution in [0.15, 0.2) is 36.7 Å². The number of nitrogen functional groups attached to an aromatic ring is 1. The third kappa shape index (κ3) is 2.51. The molecule has 0 fully saturated rings. The second-order valence-electron chi connectivity index (χ2n) is 3.90. The van der Waals surface area contributed by atoms with E-state index in [1.54, 1.807) is 10.9 Å². The molecule has 2 rings (SSSR count). The van der Waals surface area contributed by atoms with Gasteiger partial charge in [0, 0.05) is 6.54 Å². The molecule has 0 radical (unpaired) electrons. The van der Waals surface area contributed by atoms with Gasteiger partial charge in [0.1, 0.15) is 5.82 Å². The van der Waals surface area contributed by atoms with Crippen molar-refractivity contribution in [2.24, 2.45) is 0 Å². The summed E-state index contributed by atoms with van der Waals surface area (Å²) in [5.41, 5.74) is 7.23. The molecule has 0 unspecified atom stereocenters. The molecule has 2 N–H and O–H groups in total. The van der Waals surface area contributed by atoms with Crippen LogP contribution < -0.4 is 5.73 Å². The largest absolute Gasteiger partial charge is 0.464 e. The maximum Gasteiger partial charge on any atom is 0.360 e. The van der Waals surface area contributed by atoms with Crippen molar-refractivity contribution in [1.82, 2.24) is 9.55 Å². The van der Waals surface area contributed by atoms with E-state index in [4.69, 9.17) is 5.73 Å². The molecule has 0 aliphatic heterocycles. The van der Waals surface area contributed by atoms with E-state index in [1.807, 2.05) is 30.3 Å². The number of hydrogen-bond acceptors (Lipinski definition) is 4. The molecule has 1 aromatic heterocycles. The Balaban J connectivity index is 2.07. The molecule has 1 heterocycles. The average molecular weight is 245 g/mol. The molecule has 0 atom stereocenters. The van der Waals surface area contributed by atoms with Crippen molar-refractivity contribution in [2.45, 2.75) is 13.0 Å². The average Bonchev–Trinajstić information content (AvgIpc) is 2.78. The summed E-state index contributed by atoms with van der Waals surface area (Å²) in [6.45, 7) is 0.680. The van der Waals surface area contributed by atoms with Gasteiger partial charge in [-0.1, -0.05) is 30.3 Å². The van der Waals surface area contributed by atoms with Gasteiger partial charge in [0.25, 0.3) is 0 Å². The number of carbonyl (C=O) groups is 1. The second-order valence-corrected chi connectivity index (χ2v) is 3.90. The molecule has 5 nitrogen and oxygen atoms in total. The van der Waals surface area contributed by atoms with Crippen LogP contribution in [0.3, 0.4) is 0 Å². The van der Waals surface area contributed by atoms with Gasteiger partial charge in [-0.15, -0.1) is 0 Å². The summed E-state index contributed by atoms with van der Waals surface area (Å²) in [6, 6.07) is 10.1. The molecule has 0 aliphatic rings. The van der Waals surface area contributed by atoms with Crippen LogP contribution in [-0.4, -0.2) is 22.6 Å². The summed E-state index contributed by atoms with van der Waals surface area (Å²) in [5, 5.41) is 0. The highest BCUT2D eigenvalue weighted by Gasteiger charge is 2.15. The predicted molar refractivity (Wildman–Crippen MR) is 68.1 cm³/mol. The summed E-state index contributed by atoms with van der Waals surface area (Å²) in [6.07, 6.45) is 2.40. The maximum absolute atomic E-state index is 11.3. The lowest BCUT2D eigenvalue weighted by molar-refractivity contribution is 0.0596. The molecule has 2 aromatic rings. The molecule has 1 aromatic carbocycles. The molecule has 0 spiro atoms. The van der Waals surface area contributed by atoms with Crippen molar-refractivity contribution in [2.75, 3.05) is 12.8 Å². The number of aryl methyl sites for hydroxylation is 2. The zero-order valence-electron chi connectivity index (χ0n) is 10.2. The predicted octanol–water partition coefficient (Wildman–Crippen LogP) is 1.49. The topological polar surface area (TPSA) is 70.1 Å². The van der Waals surface area contributed by atoms with Gasteiger partial charge < -0.3 is 15.0 Å². The quantitative estimate of drug-likeness (QED) is 0.828. The molecule has 0 saturated heterocycles. The molecular weight excluding hydrogens is 230 g/mol. The van der Waals surface area contributed by atoms with Gasteiger partial charge in [0.05, 0.1) is 13.4 Å². The summed E-state index contributed by atoms with van der Waals surface area (Å²) in [5.74, 6) is -0.163. The fourth-order valence-corrected chi connectivity index (χ4v) is 1.72. The monoisotopic (exact) mass is 245 g/mol. The Kier molecular flexibility index (Phi) is 3.62. The van der Waals surface area contributed by atoms with Gasteiger partial charge >= 0.3 is 5.97 Å². The van der Waals surface area contributed by atoms with Gasteiger partial charge in [0.15, 0.2) is 5.69 Å². The van der Waals surface area contributed by atoms with E-state index in [1.165, 1.54) is 12.7 Å². The lowest BCUT2D eigenvalue weighted by atomic mass is 10.1. The first-order valence-electron chi connectivity index (χ1n) is 5.65. The number of benzene rings is 1. The number of hydrogen-bond donors (Lipinski definition) is 1. The number of ether oxygens (including phenoxy) is 1. The van der Waals surface area contributed by atoms with Crippen LogP contribution in [0.5, 0.6) is 0 Å². The first-order chi connectivity index (χ1) is 8.72. The molecule has 0 saturated carbocycles. The molecule has 18 heavy (non-hydrogen) atoms. The van der Waals surface area contributed by atoms with E-state index < -0.39 is 5.97 Å². The molecule has 0 bridgehead atoms. The van der Waals surface area contributed by atoms with Crippen molar-refractivity contribution in [3.05, 3.63) is 47.9 Å². The van der Waals surface area contributed by atoms with Crippen LogP contribution in [0.25, 0.3) is 0 Å². The fraction of sp³-hybridized carbons (Fsp3) is 0.231. The number of rotatable bonds is 4. The van der Waals surface area contributed by atoms with Crippen LogP contribution >= 0.6 is 0 Å². The molecule has 0 aliphatic carbocycles. The number of carbonyl (C=O) groups excluding carboxylic acids is 1. The highest BCUT2D eigenvalue weighted by Crippen LogP contribution is 2.12. The Labute approximate surface area is 105 Å². The Morgan fingerprint density at radius 2 is 2.11 bits per heavy atom. The van der Waals surface area contributed by atoms with Crippen molar-refractivity contribution >= 4 is 11.8 Å². The number of esters is 1. The van der Waals surface area contributed by atoms with Crippen LogP contribution in [0.2, 0.25) is 0 Å². The van der Waals surface area contributed by atoms with Crippen molar-refractivity contribution in [3.63, 3.8) is 0 Å². The van der Waals surface area contributed by atoms with Gasteiger partial charge in [-0.2, -0.15) is 0 Å². The molecule has 94 valence electrons. The number of imidazole rings is 1. The van der Waals surface area contributed by atoms with Crippen LogP contribution in [0.4, 0.5) is 5.82 Å². The maximum atomic E-state index is 11.3. The number of nitrogens with two attached hydrogens (primary N) is 1. The first kappa shape index (κ1) is 12.2. The minimum absolute atomic E-state index is 0.172. The van der Waals surface area contributed by atoms with Gasteiger partial charge in [-0.05, 0) is 12.0 Å². The third-order valence-electron chi connectivity index (χ3n) is 2.74. The van der Waals surface area contributed by atoms with E-state index in [-0.39, 0.29) is 5.69 Å². The van der Waals surface area contributed by atoms with Gasteiger partial charge in [-0.3, -0.25) is 0 Å². The van der Waals surface area contributed by atoms with Crippen LogP contribution in [0, 0.1) is 0 Å². The van der Waals surface area contributed by atoms with E-state index in [0.29, 0.717) is 12.4 Å². The van der Waals surface area contributed by atoms with Crippen LogP contribution in [-0.2, 0) is 17.7 Å². The Morgan fingerprint density at radius 3 is 2.78 bits per heavy atom. The van der Waals surface area contributed by atoms with Crippen molar-refractivity contribution in [3.8, 4) is 0 Å². The fourth-order valence-electron chi connectivity index (χ4n) is 1.72. The summed E-state index contributed by atoms with van der Waals surface area (Å²) >= 11 is 0. The first-order valence-corrected chi connectivity index (χ1v) is 5.65. The molecular formula is C13H15N3O2.